The van der Waals surface area contributed by atoms with Crippen LogP contribution in [0.15, 0.2) is 18.5 Å². The summed E-state index contributed by atoms with van der Waals surface area (Å²) in [7, 11) is 0. The summed E-state index contributed by atoms with van der Waals surface area (Å²) >= 11 is 0. The van der Waals surface area contributed by atoms with E-state index in [1.807, 2.05) is 12.3 Å². The molecule has 0 radical (unpaired) electrons. The zero-order valence-corrected chi connectivity index (χ0v) is 12.9. The molecule has 2 fully saturated rings. The van der Waals surface area contributed by atoms with E-state index in [4.69, 9.17) is 0 Å². The van der Waals surface area contributed by atoms with Crippen LogP contribution in [0.5, 0.6) is 0 Å². The summed E-state index contributed by atoms with van der Waals surface area (Å²) in [4.78, 5) is 20.3. The predicted molar refractivity (Wildman–Crippen MR) is 87.3 cm³/mol. The number of Topliss-reactive ketones (excluding diaryl/α,β-unsaturated/α-hetero) is 1. The summed E-state index contributed by atoms with van der Waals surface area (Å²) in [5, 5.41) is 7.97. The van der Waals surface area contributed by atoms with Gasteiger partial charge in [0.2, 0.25) is 0 Å². The lowest BCUT2D eigenvalue weighted by Gasteiger charge is -2.25. The van der Waals surface area contributed by atoms with Gasteiger partial charge >= 0.3 is 0 Å². The van der Waals surface area contributed by atoms with Gasteiger partial charge < -0.3 is 15.6 Å². The monoisotopic (exact) mass is 298 g/mol. The highest BCUT2D eigenvalue weighted by molar-refractivity contribution is 6.14. The Morgan fingerprint density at radius 1 is 1.45 bits per heavy atom. The van der Waals surface area contributed by atoms with E-state index in [1.165, 1.54) is 6.42 Å². The Kier molecular flexibility index (Phi) is 3.18. The van der Waals surface area contributed by atoms with Gasteiger partial charge in [0.05, 0.1) is 5.39 Å². The number of anilines is 1. The van der Waals surface area contributed by atoms with Crippen LogP contribution in [0.3, 0.4) is 0 Å². The van der Waals surface area contributed by atoms with E-state index in [1.54, 1.807) is 6.20 Å². The van der Waals surface area contributed by atoms with Crippen molar-refractivity contribution in [2.45, 2.75) is 38.6 Å². The molecule has 5 nitrogen and oxygen atoms in total. The summed E-state index contributed by atoms with van der Waals surface area (Å²) in [5.41, 5.74) is 2.44. The Labute approximate surface area is 129 Å². The summed E-state index contributed by atoms with van der Waals surface area (Å²) in [5.74, 6) is 0.247. The third kappa shape index (κ3) is 2.29. The van der Waals surface area contributed by atoms with Crippen LogP contribution < -0.4 is 10.6 Å². The first-order valence-corrected chi connectivity index (χ1v) is 8.15. The van der Waals surface area contributed by atoms with E-state index < -0.39 is 0 Å². The molecule has 1 aliphatic carbocycles. The van der Waals surface area contributed by atoms with Crippen LogP contribution in [0.2, 0.25) is 0 Å². The minimum absolute atomic E-state index is 0.158. The van der Waals surface area contributed by atoms with Crippen molar-refractivity contribution < 1.29 is 4.79 Å². The molecule has 3 N–H and O–H groups in total. The average molecular weight is 298 g/mol. The van der Waals surface area contributed by atoms with Crippen molar-refractivity contribution in [3.05, 3.63) is 24.0 Å². The molecule has 1 unspecified atom stereocenters. The van der Waals surface area contributed by atoms with Gasteiger partial charge in [-0.25, -0.2) is 4.98 Å². The first kappa shape index (κ1) is 13.8. The van der Waals surface area contributed by atoms with Crippen molar-refractivity contribution in [1.82, 2.24) is 15.3 Å². The molecule has 0 bridgehead atoms. The normalized spacial score (nSPS) is 23.4. The van der Waals surface area contributed by atoms with Gasteiger partial charge in [0, 0.05) is 41.6 Å². The number of nitrogens with zero attached hydrogens (tertiary/aromatic N) is 1. The number of carbonyl (C=O) groups excluding carboxylic acids is 1. The molecule has 1 aliphatic heterocycles. The Morgan fingerprint density at radius 3 is 3.05 bits per heavy atom. The van der Waals surface area contributed by atoms with E-state index in [0.29, 0.717) is 6.04 Å². The van der Waals surface area contributed by atoms with Crippen LogP contribution in [0.4, 0.5) is 5.69 Å². The standard InChI is InChI=1S/C17H22N4O/c1-17(5-6-17)15(22)12-10-20-16-14(12)13(4-8-19-16)21-11-3-2-7-18-9-11/h4,8,10-11,18H,2-3,5-7,9H2,1H3,(H2,19,20,21). The second-order valence-corrected chi connectivity index (χ2v) is 6.86. The zero-order valence-electron chi connectivity index (χ0n) is 12.9. The number of hydrogen-bond donors (Lipinski definition) is 3. The van der Waals surface area contributed by atoms with E-state index in [0.717, 1.165) is 54.6 Å². The summed E-state index contributed by atoms with van der Waals surface area (Å²) in [6, 6.07) is 2.39. The Morgan fingerprint density at radius 2 is 2.32 bits per heavy atom. The molecule has 1 saturated carbocycles. The fraction of sp³-hybridized carbons (Fsp3) is 0.529. The smallest absolute Gasteiger partial charge is 0.171 e. The number of H-pyrrole nitrogens is 1. The highest BCUT2D eigenvalue weighted by Crippen LogP contribution is 2.48. The van der Waals surface area contributed by atoms with Gasteiger partial charge in [-0.05, 0) is 38.3 Å². The number of fused-ring (bicyclic) bond motifs is 1. The topological polar surface area (TPSA) is 69.8 Å². The molecular formula is C17H22N4O. The van der Waals surface area contributed by atoms with Gasteiger partial charge in [0.25, 0.3) is 0 Å². The number of hydrogen-bond acceptors (Lipinski definition) is 4. The van der Waals surface area contributed by atoms with Crippen molar-refractivity contribution in [2.24, 2.45) is 5.41 Å². The van der Waals surface area contributed by atoms with Crippen molar-refractivity contribution in [3.8, 4) is 0 Å². The number of nitrogens with one attached hydrogen (secondary N) is 3. The number of aromatic amines is 1. The summed E-state index contributed by atoms with van der Waals surface area (Å²) in [6.45, 7) is 4.12. The van der Waals surface area contributed by atoms with Gasteiger partial charge in [-0.3, -0.25) is 4.79 Å². The molecule has 2 aromatic rings. The van der Waals surface area contributed by atoms with Gasteiger partial charge in [0.1, 0.15) is 5.65 Å². The van der Waals surface area contributed by atoms with Gasteiger partial charge in [0.15, 0.2) is 5.78 Å². The lowest BCUT2D eigenvalue weighted by molar-refractivity contribution is 0.0914. The number of pyridine rings is 1. The average Bonchev–Trinajstić information content (AvgIpc) is 3.14. The third-order valence-corrected chi connectivity index (χ3v) is 5.02. The maximum atomic E-state index is 12.8. The highest BCUT2D eigenvalue weighted by Gasteiger charge is 2.45. The number of piperidine rings is 1. The largest absolute Gasteiger partial charge is 0.380 e. The molecule has 0 spiro atoms. The first-order chi connectivity index (χ1) is 10.7. The van der Waals surface area contributed by atoms with Crippen molar-refractivity contribution in [1.29, 1.82) is 0 Å². The van der Waals surface area contributed by atoms with Crippen molar-refractivity contribution in [3.63, 3.8) is 0 Å². The number of aromatic nitrogens is 2. The molecule has 2 aromatic heterocycles. The molecule has 4 rings (SSSR count). The number of ketones is 1. The fourth-order valence-corrected chi connectivity index (χ4v) is 3.29. The second-order valence-electron chi connectivity index (χ2n) is 6.86. The maximum absolute atomic E-state index is 12.8. The second kappa shape index (κ2) is 5.09. The molecule has 22 heavy (non-hydrogen) atoms. The van der Waals surface area contributed by atoms with Gasteiger partial charge in [-0.15, -0.1) is 0 Å². The molecule has 116 valence electrons. The molecule has 3 heterocycles. The SMILES string of the molecule is CC1(C(=O)c2c[nH]c3nccc(NC4CCCNC4)c23)CC1. The highest BCUT2D eigenvalue weighted by atomic mass is 16.1. The first-order valence-electron chi connectivity index (χ1n) is 8.15. The van der Waals surface area contributed by atoms with Crippen LogP contribution in [0.25, 0.3) is 11.0 Å². The molecule has 1 atom stereocenters. The lowest BCUT2D eigenvalue weighted by atomic mass is 9.96. The molecule has 0 aromatic carbocycles. The summed E-state index contributed by atoms with van der Waals surface area (Å²) in [6.07, 6.45) is 7.95. The predicted octanol–water partition coefficient (Wildman–Crippen LogP) is 2.71. The minimum atomic E-state index is -0.158. The van der Waals surface area contributed by atoms with Crippen molar-refractivity contribution in [2.75, 3.05) is 18.4 Å². The van der Waals surface area contributed by atoms with Crippen LogP contribution in [0, 0.1) is 5.41 Å². The molecule has 1 saturated heterocycles. The minimum Gasteiger partial charge on any atom is -0.380 e. The van der Waals surface area contributed by atoms with Crippen molar-refractivity contribution >= 4 is 22.5 Å². The van der Waals surface area contributed by atoms with Crippen LogP contribution in [-0.4, -0.2) is 34.9 Å². The van der Waals surface area contributed by atoms with Crippen LogP contribution in [-0.2, 0) is 0 Å². The summed E-state index contributed by atoms with van der Waals surface area (Å²) < 4.78 is 0. The van der Waals surface area contributed by atoms with E-state index in [-0.39, 0.29) is 11.2 Å². The zero-order chi connectivity index (χ0) is 15.2. The van der Waals surface area contributed by atoms with Crippen LogP contribution in [0.1, 0.15) is 43.0 Å². The number of carbonyl (C=O) groups is 1. The van der Waals surface area contributed by atoms with E-state index >= 15 is 0 Å². The Hall–Kier alpha value is -1.88. The lowest BCUT2D eigenvalue weighted by Crippen LogP contribution is -2.38. The molecule has 5 heteroatoms. The van der Waals surface area contributed by atoms with Crippen LogP contribution >= 0.6 is 0 Å². The Balaban J connectivity index is 1.71. The molecular weight excluding hydrogens is 276 g/mol. The Bertz CT molecular complexity index is 711. The maximum Gasteiger partial charge on any atom is 0.171 e. The van der Waals surface area contributed by atoms with E-state index in [9.17, 15) is 4.79 Å². The molecule has 2 aliphatic rings. The third-order valence-electron chi connectivity index (χ3n) is 5.02. The molecule has 0 amide bonds. The fourth-order valence-electron chi connectivity index (χ4n) is 3.29. The quantitative estimate of drug-likeness (QED) is 0.759. The number of rotatable bonds is 4. The van der Waals surface area contributed by atoms with E-state index in [2.05, 4.69) is 27.5 Å². The van der Waals surface area contributed by atoms with Gasteiger partial charge in [-0.1, -0.05) is 6.92 Å². The van der Waals surface area contributed by atoms with Gasteiger partial charge in [-0.2, -0.15) is 0 Å².